The summed E-state index contributed by atoms with van der Waals surface area (Å²) in [4.78, 5) is 20.4. The minimum Gasteiger partial charge on any atom is -0.478 e. The lowest BCUT2D eigenvalue weighted by molar-refractivity contribution is 0.0697. The van der Waals surface area contributed by atoms with Crippen LogP contribution in [0.1, 0.15) is 60.6 Å². The average molecular weight is 601 g/mol. The molecular formula is C34H31F3N4O3. The smallest absolute Gasteiger partial charge is 0.335 e. The van der Waals surface area contributed by atoms with Crippen molar-refractivity contribution in [3.63, 3.8) is 0 Å². The molecule has 0 saturated carbocycles. The second kappa shape index (κ2) is 13.9. The highest BCUT2D eigenvalue weighted by Gasteiger charge is 2.19. The maximum atomic E-state index is 15.4. The molecule has 0 aliphatic heterocycles. The molecule has 5 rings (SSSR count). The molecule has 0 unspecified atom stereocenters. The van der Waals surface area contributed by atoms with E-state index in [0.29, 0.717) is 23.4 Å². The molecule has 5 aromatic rings. The number of aromatic carboxylic acids is 1. The molecule has 0 aliphatic rings. The predicted octanol–water partition coefficient (Wildman–Crippen LogP) is 7.94. The standard InChI is InChI=1S/C32H25F3N4O3.C2H6/c1-18(2)16-39-29-12-20(32(40)41)8-9-28(29)37-30(39)13-22-11-26(35)23(14-25(22)34)27-4-3-5-31(38-27)42-17-21-7-6-19(15-36)10-24(21)33;1-2/h3-12,14,18H,13,16-17H2,1-2H3,(H,40,41);1-2H3. The molecule has 44 heavy (non-hydrogen) atoms. The number of benzene rings is 3. The van der Waals surface area contributed by atoms with Gasteiger partial charge in [0.1, 0.15) is 29.9 Å². The van der Waals surface area contributed by atoms with Crippen molar-refractivity contribution in [1.82, 2.24) is 14.5 Å². The number of ether oxygens (including phenoxy) is 1. The van der Waals surface area contributed by atoms with Gasteiger partial charge in [-0.25, -0.2) is 27.9 Å². The van der Waals surface area contributed by atoms with Crippen molar-refractivity contribution in [3.05, 3.63) is 112 Å². The van der Waals surface area contributed by atoms with E-state index < -0.39 is 23.4 Å². The van der Waals surface area contributed by atoms with Crippen LogP contribution in [0.4, 0.5) is 13.2 Å². The van der Waals surface area contributed by atoms with Gasteiger partial charge in [-0.2, -0.15) is 5.26 Å². The molecule has 0 bridgehead atoms. The van der Waals surface area contributed by atoms with Crippen LogP contribution in [-0.4, -0.2) is 25.6 Å². The second-order valence-electron chi connectivity index (χ2n) is 10.2. The van der Waals surface area contributed by atoms with Crippen LogP contribution in [0, 0.1) is 34.7 Å². The first kappa shape index (κ1) is 31.8. The van der Waals surface area contributed by atoms with Gasteiger partial charge in [0.25, 0.3) is 0 Å². The second-order valence-corrected chi connectivity index (χ2v) is 10.2. The molecule has 1 N–H and O–H groups in total. The van der Waals surface area contributed by atoms with E-state index in [9.17, 15) is 14.3 Å². The zero-order valence-electron chi connectivity index (χ0n) is 24.7. The van der Waals surface area contributed by atoms with Gasteiger partial charge in [-0.1, -0.05) is 39.8 Å². The molecule has 0 saturated heterocycles. The van der Waals surface area contributed by atoms with Crippen molar-refractivity contribution in [3.8, 4) is 23.2 Å². The summed E-state index contributed by atoms with van der Waals surface area (Å²) >= 11 is 0. The van der Waals surface area contributed by atoms with E-state index in [2.05, 4.69) is 9.97 Å². The van der Waals surface area contributed by atoms with Gasteiger partial charge in [-0.3, -0.25) is 0 Å². The van der Waals surface area contributed by atoms with Crippen LogP contribution >= 0.6 is 0 Å². The molecule has 0 fully saturated rings. The highest BCUT2D eigenvalue weighted by molar-refractivity contribution is 5.92. The lowest BCUT2D eigenvalue weighted by Crippen LogP contribution is -2.10. The van der Waals surface area contributed by atoms with E-state index in [-0.39, 0.29) is 58.3 Å². The Labute approximate surface area is 253 Å². The molecule has 2 heterocycles. The molecule has 0 atom stereocenters. The van der Waals surface area contributed by atoms with Crippen LogP contribution in [-0.2, 0) is 19.6 Å². The number of nitriles is 1. The monoisotopic (exact) mass is 600 g/mol. The molecule has 10 heteroatoms. The number of hydrogen-bond donors (Lipinski definition) is 1. The van der Waals surface area contributed by atoms with Crippen LogP contribution < -0.4 is 4.74 Å². The number of fused-ring (bicyclic) bond motifs is 1. The summed E-state index contributed by atoms with van der Waals surface area (Å²) in [5.74, 6) is -2.27. The minimum atomic E-state index is -1.07. The van der Waals surface area contributed by atoms with Gasteiger partial charge in [0.05, 0.1) is 33.9 Å². The van der Waals surface area contributed by atoms with Gasteiger partial charge in [0.2, 0.25) is 5.88 Å². The molecule has 3 aromatic carbocycles. The lowest BCUT2D eigenvalue weighted by atomic mass is 10.0. The third-order valence-corrected chi connectivity index (χ3v) is 6.66. The maximum absolute atomic E-state index is 15.4. The molecule has 0 spiro atoms. The average Bonchev–Trinajstić information content (AvgIpc) is 3.34. The summed E-state index contributed by atoms with van der Waals surface area (Å²) in [6.45, 7) is 8.34. The number of carboxylic acid groups (broad SMARTS) is 1. The number of aromatic nitrogens is 3. The molecule has 0 aliphatic carbocycles. The van der Waals surface area contributed by atoms with Crippen molar-refractivity contribution in [2.24, 2.45) is 5.92 Å². The van der Waals surface area contributed by atoms with Crippen LogP contribution in [0.25, 0.3) is 22.3 Å². The highest BCUT2D eigenvalue weighted by atomic mass is 19.1. The first-order valence-electron chi connectivity index (χ1n) is 14.1. The summed E-state index contributed by atoms with van der Waals surface area (Å²) in [7, 11) is 0. The number of hydrogen-bond acceptors (Lipinski definition) is 5. The van der Waals surface area contributed by atoms with Gasteiger partial charge < -0.3 is 14.4 Å². The van der Waals surface area contributed by atoms with Crippen LogP contribution in [0.15, 0.2) is 66.7 Å². The van der Waals surface area contributed by atoms with Crippen LogP contribution in [0.5, 0.6) is 5.88 Å². The Kier molecular flexibility index (Phi) is 10.0. The molecule has 0 amide bonds. The van der Waals surface area contributed by atoms with E-state index >= 15 is 8.78 Å². The Balaban J connectivity index is 0.00000216. The number of rotatable bonds is 9. The summed E-state index contributed by atoms with van der Waals surface area (Å²) in [6.07, 6.45) is -0.0143. The number of pyridine rings is 1. The Bertz CT molecular complexity index is 1860. The van der Waals surface area contributed by atoms with E-state index in [1.807, 2.05) is 38.3 Å². The summed E-state index contributed by atoms with van der Waals surface area (Å²) in [5.41, 5.74) is 1.82. The number of carboxylic acids is 1. The summed E-state index contributed by atoms with van der Waals surface area (Å²) in [6, 6.07) is 17.2. The Morgan fingerprint density at radius 3 is 2.39 bits per heavy atom. The van der Waals surface area contributed by atoms with Gasteiger partial charge in [0, 0.05) is 30.2 Å². The molecule has 0 radical (unpaired) electrons. The zero-order chi connectivity index (χ0) is 32.0. The van der Waals surface area contributed by atoms with Crippen molar-refractivity contribution >= 4 is 17.0 Å². The predicted molar refractivity (Wildman–Crippen MR) is 161 cm³/mol. The quantitative estimate of drug-likeness (QED) is 0.184. The zero-order valence-corrected chi connectivity index (χ0v) is 24.7. The molecule has 2 aromatic heterocycles. The normalized spacial score (nSPS) is 10.8. The van der Waals surface area contributed by atoms with Crippen molar-refractivity contribution in [2.45, 2.75) is 47.3 Å². The van der Waals surface area contributed by atoms with Crippen molar-refractivity contribution in [1.29, 1.82) is 5.26 Å². The Morgan fingerprint density at radius 1 is 0.955 bits per heavy atom. The first-order chi connectivity index (χ1) is 21.1. The van der Waals surface area contributed by atoms with Crippen molar-refractivity contribution < 1.29 is 27.8 Å². The molecule has 226 valence electrons. The van der Waals surface area contributed by atoms with E-state index in [1.54, 1.807) is 12.1 Å². The van der Waals surface area contributed by atoms with Gasteiger partial charge in [-0.15, -0.1) is 0 Å². The molecule has 7 nitrogen and oxygen atoms in total. The third-order valence-electron chi connectivity index (χ3n) is 6.66. The molecular weight excluding hydrogens is 569 g/mol. The van der Waals surface area contributed by atoms with Gasteiger partial charge in [0.15, 0.2) is 0 Å². The number of imidazole rings is 1. The van der Waals surface area contributed by atoms with E-state index in [0.717, 1.165) is 18.2 Å². The fraction of sp³-hybridized carbons (Fsp3) is 0.235. The fourth-order valence-corrected chi connectivity index (χ4v) is 4.63. The van der Waals surface area contributed by atoms with E-state index in [4.69, 9.17) is 10.00 Å². The topological polar surface area (TPSA) is 101 Å². The SMILES string of the molecule is CC.CC(C)Cn1c(Cc2cc(F)c(-c3cccc(OCc4ccc(C#N)cc4F)n3)cc2F)nc2ccc(C(=O)O)cc21. The van der Waals surface area contributed by atoms with E-state index in [1.165, 1.54) is 36.4 Å². The number of carbonyl (C=O) groups is 1. The number of halogens is 3. The van der Waals surface area contributed by atoms with Gasteiger partial charge in [-0.05, 0) is 60.0 Å². The third kappa shape index (κ3) is 7.06. The first-order valence-corrected chi connectivity index (χ1v) is 14.1. The highest BCUT2D eigenvalue weighted by Crippen LogP contribution is 2.28. The Hall–Kier alpha value is -5.17. The minimum absolute atomic E-state index is 0.0143. The fourth-order valence-electron chi connectivity index (χ4n) is 4.63. The summed E-state index contributed by atoms with van der Waals surface area (Å²) < 4.78 is 52.4. The lowest BCUT2D eigenvalue weighted by Gasteiger charge is -2.13. The summed E-state index contributed by atoms with van der Waals surface area (Å²) in [5, 5.41) is 18.3. The number of nitrogens with zero attached hydrogens (tertiary/aromatic N) is 4. The van der Waals surface area contributed by atoms with Crippen LogP contribution in [0.3, 0.4) is 0 Å². The maximum Gasteiger partial charge on any atom is 0.335 e. The van der Waals surface area contributed by atoms with Crippen LogP contribution in [0.2, 0.25) is 0 Å². The largest absolute Gasteiger partial charge is 0.478 e. The Morgan fingerprint density at radius 2 is 1.70 bits per heavy atom. The van der Waals surface area contributed by atoms with Gasteiger partial charge >= 0.3 is 5.97 Å². The van der Waals surface area contributed by atoms with Crippen molar-refractivity contribution in [2.75, 3.05) is 0 Å².